The third-order valence-electron chi connectivity index (χ3n) is 6.39. The van der Waals surface area contributed by atoms with E-state index >= 15 is 0 Å². The van der Waals surface area contributed by atoms with Crippen LogP contribution >= 0.6 is 0 Å². The lowest BCUT2D eigenvalue weighted by atomic mass is 10.2. The summed E-state index contributed by atoms with van der Waals surface area (Å²) in [6.45, 7) is 3.74. The van der Waals surface area contributed by atoms with Crippen LogP contribution in [0.3, 0.4) is 0 Å². The molecule has 2 aromatic carbocycles. The van der Waals surface area contributed by atoms with Gasteiger partial charge < -0.3 is 10.2 Å². The van der Waals surface area contributed by atoms with Crippen molar-refractivity contribution in [3.05, 3.63) is 60.2 Å². The fraction of sp³-hybridized carbons (Fsp3) is 0.440. The minimum atomic E-state index is -3.51. The standard InChI is InChI=1S/C25H32N4O4S/c30-24(20-27-16-18-28(19-17-27)25(31)21-8-4-3-5-9-21)26-22-10-12-23(13-11-22)34(32,33)29-14-6-1-2-7-15-29/h3-5,8-13H,1-2,6-7,14-20H2,(H,26,30). The van der Waals surface area contributed by atoms with Gasteiger partial charge in [0.05, 0.1) is 11.4 Å². The summed E-state index contributed by atoms with van der Waals surface area (Å²) >= 11 is 0. The Balaban J connectivity index is 1.26. The fourth-order valence-corrected chi connectivity index (χ4v) is 5.93. The SMILES string of the molecule is O=C(CN1CCN(C(=O)c2ccccc2)CC1)Nc1ccc(S(=O)(=O)N2CCCCCC2)cc1. The summed E-state index contributed by atoms with van der Waals surface area (Å²) in [5, 5.41) is 2.85. The maximum absolute atomic E-state index is 12.9. The van der Waals surface area contributed by atoms with E-state index in [9.17, 15) is 18.0 Å². The number of nitrogens with one attached hydrogen (secondary N) is 1. The number of sulfonamides is 1. The molecule has 0 saturated carbocycles. The Morgan fingerprint density at radius 2 is 1.38 bits per heavy atom. The Morgan fingerprint density at radius 3 is 2.00 bits per heavy atom. The Morgan fingerprint density at radius 1 is 0.765 bits per heavy atom. The second-order valence-electron chi connectivity index (χ2n) is 8.83. The summed E-state index contributed by atoms with van der Waals surface area (Å²) in [4.78, 5) is 29.2. The first-order chi connectivity index (χ1) is 16.4. The molecule has 182 valence electrons. The summed E-state index contributed by atoms with van der Waals surface area (Å²) < 4.78 is 27.4. The highest BCUT2D eigenvalue weighted by atomic mass is 32.2. The van der Waals surface area contributed by atoms with Crippen molar-refractivity contribution >= 4 is 27.5 Å². The molecule has 9 heteroatoms. The van der Waals surface area contributed by atoms with Crippen LogP contribution in [0.2, 0.25) is 0 Å². The Bertz CT molecular complexity index is 1070. The van der Waals surface area contributed by atoms with Crippen LogP contribution in [0.4, 0.5) is 5.69 Å². The lowest BCUT2D eigenvalue weighted by molar-refractivity contribution is -0.117. The van der Waals surface area contributed by atoms with Crippen LogP contribution in [0.1, 0.15) is 36.0 Å². The lowest BCUT2D eigenvalue weighted by Gasteiger charge is -2.34. The van der Waals surface area contributed by atoms with Gasteiger partial charge in [0, 0.05) is 50.5 Å². The normalized spacial score (nSPS) is 18.3. The second-order valence-corrected chi connectivity index (χ2v) is 10.8. The third-order valence-corrected chi connectivity index (χ3v) is 8.30. The topological polar surface area (TPSA) is 90.0 Å². The van der Waals surface area contributed by atoms with E-state index in [0.29, 0.717) is 50.5 Å². The molecule has 2 saturated heterocycles. The van der Waals surface area contributed by atoms with Gasteiger partial charge in [-0.15, -0.1) is 0 Å². The molecule has 0 unspecified atom stereocenters. The average molecular weight is 485 g/mol. The molecule has 2 aromatic rings. The van der Waals surface area contributed by atoms with Gasteiger partial charge in [0.2, 0.25) is 15.9 Å². The number of rotatable bonds is 6. The van der Waals surface area contributed by atoms with Gasteiger partial charge in [0.15, 0.2) is 0 Å². The maximum Gasteiger partial charge on any atom is 0.253 e. The molecule has 0 aromatic heterocycles. The molecule has 0 spiro atoms. The Labute approximate surface area is 201 Å². The first-order valence-corrected chi connectivity index (χ1v) is 13.3. The van der Waals surface area contributed by atoms with Gasteiger partial charge >= 0.3 is 0 Å². The number of carbonyl (C=O) groups excluding carboxylic acids is 2. The molecule has 2 amide bonds. The third kappa shape index (κ3) is 6.02. The number of hydrogen-bond donors (Lipinski definition) is 1. The molecule has 2 fully saturated rings. The molecular formula is C25H32N4O4S. The van der Waals surface area contributed by atoms with Crippen LogP contribution in [-0.4, -0.2) is 80.2 Å². The number of benzene rings is 2. The molecular weight excluding hydrogens is 452 g/mol. The van der Waals surface area contributed by atoms with E-state index in [1.165, 1.54) is 0 Å². The van der Waals surface area contributed by atoms with Crippen molar-refractivity contribution in [2.24, 2.45) is 0 Å². The van der Waals surface area contributed by atoms with E-state index in [1.54, 1.807) is 28.6 Å². The fourth-order valence-electron chi connectivity index (χ4n) is 4.42. The number of anilines is 1. The van der Waals surface area contributed by atoms with Crippen molar-refractivity contribution in [1.82, 2.24) is 14.1 Å². The molecule has 0 bridgehead atoms. The molecule has 1 N–H and O–H groups in total. The first kappa shape index (κ1) is 24.4. The zero-order valence-electron chi connectivity index (χ0n) is 19.4. The second kappa shape index (κ2) is 11.1. The van der Waals surface area contributed by atoms with E-state index in [-0.39, 0.29) is 23.3 Å². The zero-order chi connectivity index (χ0) is 24.0. The van der Waals surface area contributed by atoms with Crippen molar-refractivity contribution in [2.75, 3.05) is 51.1 Å². The molecule has 0 aliphatic carbocycles. The average Bonchev–Trinajstić information content (AvgIpc) is 3.15. The van der Waals surface area contributed by atoms with E-state index in [4.69, 9.17) is 0 Å². The summed E-state index contributed by atoms with van der Waals surface area (Å²) in [5.41, 5.74) is 1.24. The van der Waals surface area contributed by atoms with Crippen molar-refractivity contribution in [3.63, 3.8) is 0 Å². The number of carbonyl (C=O) groups is 2. The molecule has 2 aliphatic rings. The van der Waals surface area contributed by atoms with E-state index < -0.39 is 10.0 Å². The minimum absolute atomic E-state index is 0.0138. The summed E-state index contributed by atoms with van der Waals surface area (Å²) in [7, 11) is -3.51. The summed E-state index contributed by atoms with van der Waals surface area (Å²) in [5.74, 6) is -0.147. The highest BCUT2D eigenvalue weighted by Gasteiger charge is 2.26. The van der Waals surface area contributed by atoms with Gasteiger partial charge in [-0.2, -0.15) is 4.31 Å². The van der Waals surface area contributed by atoms with Crippen LogP contribution < -0.4 is 5.32 Å². The molecule has 0 radical (unpaired) electrons. The largest absolute Gasteiger partial charge is 0.336 e. The van der Waals surface area contributed by atoms with Crippen molar-refractivity contribution in [3.8, 4) is 0 Å². The van der Waals surface area contributed by atoms with Gasteiger partial charge in [0.25, 0.3) is 5.91 Å². The van der Waals surface area contributed by atoms with E-state index in [0.717, 1.165) is 25.7 Å². The number of amides is 2. The highest BCUT2D eigenvalue weighted by Crippen LogP contribution is 2.22. The first-order valence-electron chi connectivity index (χ1n) is 11.9. The predicted octanol–water partition coefficient (Wildman–Crippen LogP) is 2.65. The highest BCUT2D eigenvalue weighted by molar-refractivity contribution is 7.89. The summed E-state index contributed by atoms with van der Waals surface area (Å²) in [6, 6.07) is 15.6. The van der Waals surface area contributed by atoms with Crippen LogP contribution in [0.25, 0.3) is 0 Å². The smallest absolute Gasteiger partial charge is 0.253 e. The predicted molar refractivity (Wildman–Crippen MR) is 131 cm³/mol. The number of nitrogens with zero attached hydrogens (tertiary/aromatic N) is 3. The van der Waals surface area contributed by atoms with Crippen LogP contribution in [-0.2, 0) is 14.8 Å². The van der Waals surface area contributed by atoms with Crippen LogP contribution in [0.15, 0.2) is 59.5 Å². The molecule has 2 heterocycles. The molecule has 8 nitrogen and oxygen atoms in total. The van der Waals surface area contributed by atoms with E-state index in [1.807, 2.05) is 40.1 Å². The van der Waals surface area contributed by atoms with Gasteiger partial charge in [-0.3, -0.25) is 14.5 Å². The molecule has 34 heavy (non-hydrogen) atoms. The molecule has 4 rings (SSSR count). The maximum atomic E-state index is 12.9. The van der Waals surface area contributed by atoms with Crippen molar-refractivity contribution < 1.29 is 18.0 Å². The van der Waals surface area contributed by atoms with Gasteiger partial charge in [-0.25, -0.2) is 8.42 Å². The minimum Gasteiger partial charge on any atom is -0.336 e. The number of hydrogen-bond acceptors (Lipinski definition) is 5. The Hall–Kier alpha value is -2.75. The van der Waals surface area contributed by atoms with Crippen LogP contribution in [0.5, 0.6) is 0 Å². The van der Waals surface area contributed by atoms with Gasteiger partial charge in [-0.1, -0.05) is 31.0 Å². The van der Waals surface area contributed by atoms with Crippen molar-refractivity contribution in [1.29, 1.82) is 0 Å². The molecule has 0 atom stereocenters. The van der Waals surface area contributed by atoms with Crippen molar-refractivity contribution in [2.45, 2.75) is 30.6 Å². The van der Waals surface area contributed by atoms with E-state index in [2.05, 4.69) is 5.32 Å². The van der Waals surface area contributed by atoms with Gasteiger partial charge in [0.1, 0.15) is 0 Å². The van der Waals surface area contributed by atoms with Crippen LogP contribution in [0, 0.1) is 0 Å². The Kier molecular flexibility index (Phi) is 7.97. The molecule has 2 aliphatic heterocycles. The summed E-state index contributed by atoms with van der Waals surface area (Å²) in [6.07, 6.45) is 3.91. The quantitative estimate of drug-likeness (QED) is 0.681. The zero-order valence-corrected chi connectivity index (χ0v) is 20.2. The monoisotopic (exact) mass is 484 g/mol. The number of piperazine rings is 1. The lowest BCUT2D eigenvalue weighted by Crippen LogP contribution is -2.50. The van der Waals surface area contributed by atoms with Gasteiger partial charge in [-0.05, 0) is 49.2 Å².